The summed E-state index contributed by atoms with van der Waals surface area (Å²) in [6.45, 7) is 1.67. The predicted molar refractivity (Wildman–Crippen MR) is 85.9 cm³/mol. The molecule has 0 saturated carbocycles. The van der Waals surface area contributed by atoms with Crippen LogP contribution in [0.3, 0.4) is 0 Å². The van der Waals surface area contributed by atoms with Crippen LogP contribution in [0, 0.1) is 12.7 Å². The SMILES string of the molecule is Cc1cc(-n2nc(Cl)cc2-c2ccc(S(=O)[O-])cc2)ccc1F.[Na+]. The average Bonchev–Trinajstić information content (AvgIpc) is 2.92. The molecule has 0 N–H and O–H groups in total. The van der Waals surface area contributed by atoms with Gasteiger partial charge >= 0.3 is 29.6 Å². The number of hydrogen-bond acceptors (Lipinski definition) is 3. The summed E-state index contributed by atoms with van der Waals surface area (Å²) in [7, 11) is 0. The Morgan fingerprint density at radius 3 is 2.42 bits per heavy atom. The van der Waals surface area contributed by atoms with Gasteiger partial charge in [0.15, 0.2) is 5.15 Å². The van der Waals surface area contributed by atoms with Gasteiger partial charge in [0.25, 0.3) is 0 Å². The van der Waals surface area contributed by atoms with Crippen LogP contribution >= 0.6 is 11.6 Å². The van der Waals surface area contributed by atoms with Crippen LogP contribution in [-0.2, 0) is 11.1 Å². The molecule has 4 nitrogen and oxygen atoms in total. The van der Waals surface area contributed by atoms with E-state index in [2.05, 4.69) is 5.10 Å². The van der Waals surface area contributed by atoms with Crippen LogP contribution in [0.4, 0.5) is 4.39 Å². The van der Waals surface area contributed by atoms with E-state index in [0.717, 1.165) is 5.56 Å². The van der Waals surface area contributed by atoms with Gasteiger partial charge in [-0.15, -0.1) is 0 Å². The van der Waals surface area contributed by atoms with Crippen molar-refractivity contribution in [3.05, 3.63) is 65.1 Å². The fraction of sp³-hybridized carbons (Fsp3) is 0.0625. The zero-order valence-corrected chi connectivity index (χ0v) is 16.6. The summed E-state index contributed by atoms with van der Waals surface area (Å²) in [5.74, 6) is -0.296. The van der Waals surface area contributed by atoms with Crippen molar-refractivity contribution in [2.75, 3.05) is 0 Å². The van der Waals surface area contributed by atoms with Crippen molar-refractivity contribution in [2.24, 2.45) is 0 Å². The molecule has 8 heteroatoms. The summed E-state index contributed by atoms with van der Waals surface area (Å²) < 4.78 is 36.9. The monoisotopic (exact) mass is 372 g/mol. The maximum absolute atomic E-state index is 13.4. The molecule has 0 fully saturated rings. The van der Waals surface area contributed by atoms with Crippen LogP contribution in [0.25, 0.3) is 16.9 Å². The summed E-state index contributed by atoms with van der Waals surface area (Å²) in [5.41, 5.74) is 2.60. The number of aromatic nitrogens is 2. The van der Waals surface area contributed by atoms with Gasteiger partial charge in [0.1, 0.15) is 5.82 Å². The molecule has 1 aromatic heterocycles. The third-order valence-corrected chi connectivity index (χ3v) is 4.25. The number of halogens is 2. The summed E-state index contributed by atoms with van der Waals surface area (Å²) in [6.07, 6.45) is 0. The first-order chi connectivity index (χ1) is 11.0. The van der Waals surface area contributed by atoms with Gasteiger partial charge in [-0.3, -0.25) is 4.21 Å². The Morgan fingerprint density at radius 1 is 1.17 bits per heavy atom. The number of aryl methyl sites for hydroxylation is 1. The summed E-state index contributed by atoms with van der Waals surface area (Å²) >= 11 is 3.74. The van der Waals surface area contributed by atoms with Gasteiger partial charge in [-0.05, 0) is 53.9 Å². The Kier molecular flexibility index (Phi) is 6.36. The Labute approximate surface area is 168 Å². The molecule has 0 spiro atoms. The molecule has 0 radical (unpaired) electrons. The van der Waals surface area contributed by atoms with E-state index in [4.69, 9.17) is 11.6 Å². The zero-order valence-electron chi connectivity index (χ0n) is 13.0. The normalized spacial score (nSPS) is 11.8. The molecular weight excluding hydrogens is 362 g/mol. The molecule has 118 valence electrons. The van der Waals surface area contributed by atoms with Crippen LogP contribution in [0.15, 0.2) is 53.4 Å². The second kappa shape index (κ2) is 7.91. The van der Waals surface area contributed by atoms with Crippen molar-refractivity contribution in [1.82, 2.24) is 9.78 Å². The van der Waals surface area contributed by atoms with E-state index in [9.17, 15) is 13.2 Å². The third-order valence-electron chi connectivity index (χ3n) is 3.41. The van der Waals surface area contributed by atoms with Gasteiger partial charge in [-0.25, -0.2) is 9.07 Å². The summed E-state index contributed by atoms with van der Waals surface area (Å²) in [5, 5.41) is 4.51. The Bertz CT molecular complexity index is 900. The Balaban J connectivity index is 0.00000208. The summed E-state index contributed by atoms with van der Waals surface area (Å²) in [6, 6.07) is 12.7. The van der Waals surface area contributed by atoms with Gasteiger partial charge < -0.3 is 4.55 Å². The fourth-order valence-corrected chi connectivity index (χ4v) is 2.79. The first kappa shape index (κ1) is 19.3. The maximum Gasteiger partial charge on any atom is 1.00 e. The Hall–Kier alpha value is -1.02. The minimum absolute atomic E-state index is 0. The van der Waals surface area contributed by atoms with Gasteiger partial charge in [-0.2, -0.15) is 5.10 Å². The van der Waals surface area contributed by atoms with Crippen molar-refractivity contribution < 1.29 is 42.7 Å². The van der Waals surface area contributed by atoms with E-state index in [-0.39, 0.29) is 40.3 Å². The topological polar surface area (TPSA) is 58.0 Å². The second-order valence-electron chi connectivity index (χ2n) is 4.96. The molecule has 0 saturated heterocycles. The largest absolute Gasteiger partial charge is 1.00 e. The first-order valence-electron chi connectivity index (χ1n) is 6.67. The van der Waals surface area contributed by atoms with Crippen LogP contribution in [-0.4, -0.2) is 18.5 Å². The van der Waals surface area contributed by atoms with Crippen molar-refractivity contribution in [3.8, 4) is 16.9 Å². The number of rotatable bonds is 3. The van der Waals surface area contributed by atoms with Crippen molar-refractivity contribution in [1.29, 1.82) is 0 Å². The predicted octanol–water partition coefficient (Wildman–Crippen LogP) is 0.882. The smallest absolute Gasteiger partial charge is 0.768 e. The third kappa shape index (κ3) is 3.96. The minimum atomic E-state index is -2.28. The average molecular weight is 373 g/mol. The second-order valence-corrected chi connectivity index (χ2v) is 6.28. The van der Waals surface area contributed by atoms with E-state index in [1.165, 1.54) is 18.2 Å². The van der Waals surface area contributed by atoms with Crippen LogP contribution in [0.1, 0.15) is 5.56 Å². The molecule has 24 heavy (non-hydrogen) atoms. The maximum atomic E-state index is 13.4. The molecule has 1 atom stereocenters. The van der Waals surface area contributed by atoms with E-state index in [1.54, 1.807) is 41.9 Å². The van der Waals surface area contributed by atoms with Crippen molar-refractivity contribution >= 4 is 22.7 Å². The molecule has 1 heterocycles. The molecule has 0 aliphatic carbocycles. The Morgan fingerprint density at radius 2 is 1.83 bits per heavy atom. The number of nitrogens with zero attached hydrogens (tertiary/aromatic N) is 2. The van der Waals surface area contributed by atoms with E-state index in [0.29, 0.717) is 22.1 Å². The van der Waals surface area contributed by atoms with E-state index < -0.39 is 11.1 Å². The zero-order chi connectivity index (χ0) is 16.6. The molecule has 0 aliphatic heterocycles. The van der Waals surface area contributed by atoms with Crippen LogP contribution < -0.4 is 29.6 Å². The van der Waals surface area contributed by atoms with Gasteiger partial charge in [0.2, 0.25) is 0 Å². The fourth-order valence-electron chi connectivity index (χ4n) is 2.25. The molecule has 3 aromatic rings. The molecule has 0 bridgehead atoms. The molecular formula is C16H11ClFN2NaO2S. The number of hydrogen-bond donors (Lipinski definition) is 0. The standard InChI is InChI=1S/C16H12ClFN2O2S.Na/c1-10-8-12(4-7-14(10)18)20-15(9-16(17)19-20)11-2-5-13(6-3-11)23(21)22;/h2-9H,1H3,(H,21,22);/q;+1/p-1. The minimum Gasteiger partial charge on any atom is -0.768 e. The molecule has 0 amide bonds. The molecule has 0 aliphatic rings. The first-order valence-corrected chi connectivity index (χ1v) is 8.13. The molecule has 3 rings (SSSR count). The summed E-state index contributed by atoms with van der Waals surface area (Å²) in [4.78, 5) is 0.198. The van der Waals surface area contributed by atoms with Gasteiger partial charge in [-0.1, -0.05) is 23.7 Å². The van der Waals surface area contributed by atoms with E-state index >= 15 is 0 Å². The van der Waals surface area contributed by atoms with E-state index in [1.807, 2.05) is 0 Å². The van der Waals surface area contributed by atoms with Crippen molar-refractivity contribution in [2.45, 2.75) is 11.8 Å². The molecule has 2 aromatic carbocycles. The van der Waals surface area contributed by atoms with Gasteiger partial charge in [0.05, 0.1) is 11.4 Å². The number of benzene rings is 2. The van der Waals surface area contributed by atoms with Crippen LogP contribution in [0.5, 0.6) is 0 Å². The van der Waals surface area contributed by atoms with Crippen molar-refractivity contribution in [3.63, 3.8) is 0 Å². The van der Waals surface area contributed by atoms with Gasteiger partial charge in [0, 0.05) is 16.5 Å². The quantitative estimate of drug-likeness (QED) is 0.506. The van der Waals surface area contributed by atoms with Crippen LogP contribution in [0.2, 0.25) is 5.15 Å². The molecule has 1 unspecified atom stereocenters.